The Labute approximate surface area is 137 Å². The molecule has 1 aromatic rings. The van der Waals surface area contributed by atoms with Gasteiger partial charge in [0.25, 0.3) is 0 Å². The van der Waals surface area contributed by atoms with Crippen molar-refractivity contribution in [3.63, 3.8) is 0 Å². The molecule has 0 aromatic heterocycles. The van der Waals surface area contributed by atoms with E-state index in [1.54, 1.807) is 0 Å². The number of amides is 2. The van der Waals surface area contributed by atoms with Crippen LogP contribution < -0.4 is 15.5 Å². The molecule has 2 saturated heterocycles. The Kier molecular flexibility index (Phi) is 5.28. The summed E-state index contributed by atoms with van der Waals surface area (Å²) in [6.07, 6.45) is 4.34. The molecule has 23 heavy (non-hydrogen) atoms. The van der Waals surface area contributed by atoms with Crippen LogP contribution in [0.5, 0.6) is 0 Å². The van der Waals surface area contributed by atoms with E-state index in [9.17, 15) is 9.59 Å². The second kappa shape index (κ2) is 7.59. The van der Waals surface area contributed by atoms with E-state index in [1.165, 1.54) is 6.42 Å². The third-order valence-electron chi connectivity index (χ3n) is 4.75. The molecule has 2 fully saturated rings. The van der Waals surface area contributed by atoms with Crippen LogP contribution in [0, 0.1) is 5.92 Å². The molecule has 1 aromatic carbocycles. The summed E-state index contributed by atoms with van der Waals surface area (Å²) in [5.41, 5.74) is 2.02. The first-order chi connectivity index (χ1) is 11.2. The highest BCUT2D eigenvalue weighted by atomic mass is 16.2. The van der Waals surface area contributed by atoms with Gasteiger partial charge in [-0.25, -0.2) is 0 Å². The van der Waals surface area contributed by atoms with E-state index in [0.717, 1.165) is 43.7 Å². The number of hydrogen-bond donors (Lipinski definition) is 2. The van der Waals surface area contributed by atoms with Crippen molar-refractivity contribution in [3.05, 3.63) is 29.8 Å². The fourth-order valence-corrected chi connectivity index (χ4v) is 3.30. The molecule has 0 bridgehead atoms. The van der Waals surface area contributed by atoms with Crippen molar-refractivity contribution in [2.75, 3.05) is 24.5 Å². The van der Waals surface area contributed by atoms with Gasteiger partial charge in [-0.1, -0.05) is 12.1 Å². The molecule has 2 N–H and O–H groups in total. The quantitative estimate of drug-likeness (QED) is 0.842. The predicted molar refractivity (Wildman–Crippen MR) is 90.1 cm³/mol. The van der Waals surface area contributed by atoms with E-state index in [1.807, 2.05) is 29.2 Å². The van der Waals surface area contributed by atoms with Crippen LogP contribution in [0.3, 0.4) is 0 Å². The number of benzene rings is 1. The Morgan fingerprint density at radius 3 is 2.78 bits per heavy atom. The zero-order chi connectivity index (χ0) is 16.1. The van der Waals surface area contributed by atoms with Gasteiger partial charge in [-0.15, -0.1) is 0 Å². The Morgan fingerprint density at radius 1 is 1.30 bits per heavy atom. The van der Waals surface area contributed by atoms with Gasteiger partial charge in [0.15, 0.2) is 0 Å². The van der Waals surface area contributed by atoms with Crippen LogP contribution in [0.2, 0.25) is 0 Å². The van der Waals surface area contributed by atoms with E-state index in [4.69, 9.17) is 0 Å². The summed E-state index contributed by atoms with van der Waals surface area (Å²) in [7, 11) is 0. The summed E-state index contributed by atoms with van der Waals surface area (Å²) < 4.78 is 0. The van der Waals surface area contributed by atoms with Gasteiger partial charge in [-0.05, 0) is 56.0 Å². The topological polar surface area (TPSA) is 61.4 Å². The average molecular weight is 315 g/mol. The van der Waals surface area contributed by atoms with E-state index < -0.39 is 0 Å². The molecule has 5 heteroatoms. The highest BCUT2D eigenvalue weighted by Gasteiger charge is 2.21. The van der Waals surface area contributed by atoms with Crippen LogP contribution in [-0.4, -0.2) is 31.4 Å². The van der Waals surface area contributed by atoms with Crippen LogP contribution in [0.4, 0.5) is 5.69 Å². The third-order valence-corrected chi connectivity index (χ3v) is 4.75. The Morgan fingerprint density at radius 2 is 2.13 bits per heavy atom. The highest BCUT2D eigenvalue weighted by molar-refractivity contribution is 5.95. The van der Waals surface area contributed by atoms with Gasteiger partial charge in [0.05, 0.1) is 0 Å². The van der Waals surface area contributed by atoms with Gasteiger partial charge in [0.2, 0.25) is 11.8 Å². The lowest BCUT2D eigenvalue weighted by atomic mass is 10.0. The van der Waals surface area contributed by atoms with Gasteiger partial charge < -0.3 is 15.5 Å². The van der Waals surface area contributed by atoms with Gasteiger partial charge in [0, 0.05) is 31.6 Å². The number of carbonyl (C=O) groups excluding carboxylic acids is 2. The minimum atomic E-state index is 0.121. The normalized spacial score (nSPS) is 21.0. The number of nitrogens with one attached hydrogen (secondary N) is 2. The molecule has 2 amide bonds. The van der Waals surface area contributed by atoms with Crippen LogP contribution in [0.1, 0.15) is 37.7 Å². The summed E-state index contributed by atoms with van der Waals surface area (Å²) in [5, 5.41) is 6.31. The van der Waals surface area contributed by atoms with Gasteiger partial charge in [-0.2, -0.15) is 0 Å². The molecule has 1 atom stereocenters. The molecular formula is C18H25N3O2. The molecule has 0 aliphatic carbocycles. The predicted octanol–water partition coefficient (Wildman–Crippen LogP) is 1.82. The second-order valence-electron chi connectivity index (χ2n) is 6.49. The molecule has 0 saturated carbocycles. The summed E-state index contributed by atoms with van der Waals surface area (Å²) >= 11 is 0. The van der Waals surface area contributed by atoms with Crippen molar-refractivity contribution in [2.45, 2.75) is 38.6 Å². The largest absolute Gasteiger partial charge is 0.352 e. The van der Waals surface area contributed by atoms with E-state index >= 15 is 0 Å². The van der Waals surface area contributed by atoms with Crippen LogP contribution in [0.25, 0.3) is 0 Å². The molecule has 2 aliphatic heterocycles. The highest BCUT2D eigenvalue weighted by Crippen LogP contribution is 2.21. The molecule has 124 valence electrons. The van der Waals surface area contributed by atoms with Crippen molar-refractivity contribution < 1.29 is 9.59 Å². The van der Waals surface area contributed by atoms with Crippen molar-refractivity contribution in [1.82, 2.24) is 10.6 Å². The van der Waals surface area contributed by atoms with Crippen LogP contribution in [-0.2, 0) is 16.1 Å². The minimum absolute atomic E-state index is 0.121. The van der Waals surface area contributed by atoms with E-state index in [-0.39, 0.29) is 11.8 Å². The summed E-state index contributed by atoms with van der Waals surface area (Å²) in [4.78, 5) is 25.5. The monoisotopic (exact) mass is 315 g/mol. The number of rotatable bonds is 6. The van der Waals surface area contributed by atoms with Crippen molar-refractivity contribution >= 4 is 17.5 Å². The fraction of sp³-hybridized carbons (Fsp3) is 0.556. The van der Waals surface area contributed by atoms with Crippen molar-refractivity contribution in [2.24, 2.45) is 5.92 Å². The molecule has 2 aliphatic rings. The third kappa shape index (κ3) is 4.32. The van der Waals surface area contributed by atoms with Crippen LogP contribution >= 0.6 is 0 Å². The Hall–Kier alpha value is -1.88. The fourth-order valence-electron chi connectivity index (χ4n) is 3.30. The van der Waals surface area contributed by atoms with Gasteiger partial charge >= 0.3 is 0 Å². The second-order valence-corrected chi connectivity index (χ2v) is 6.49. The molecule has 0 spiro atoms. The van der Waals surface area contributed by atoms with Crippen LogP contribution in [0.15, 0.2) is 24.3 Å². The van der Waals surface area contributed by atoms with Crippen molar-refractivity contribution in [3.8, 4) is 0 Å². The number of hydrogen-bond acceptors (Lipinski definition) is 3. The van der Waals surface area contributed by atoms with E-state index in [2.05, 4.69) is 10.6 Å². The first-order valence-electron chi connectivity index (χ1n) is 8.59. The maximum absolute atomic E-state index is 11.9. The zero-order valence-electron chi connectivity index (χ0n) is 13.5. The molecule has 3 rings (SSSR count). The average Bonchev–Trinajstić information content (AvgIpc) is 3.23. The number of nitrogens with zero attached hydrogens (tertiary/aromatic N) is 1. The van der Waals surface area contributed by atoms with Gasteiger partial charge in [0.1, 0.15) is 0 Å². The smallest absolute Gasteiger partial charge is 0.227 e. The molecular weight excluding hydrogens is 290 g/mol. The molecule has 5 nitrogen and oxygen atoms in total. The first kappa shape index (κ1) is 16.0. The maximum atomic E-state index is 11.9. The lowest BCUT2D eigenvalue weighted by Crippen LogP contribution is -2.24. The lowest BCUT2D eigenvalue weighted by Gasteiger charge is -2.16. The minimum Gasteiger partial charge on any atom is -0.352 e. The Bertz CT molecular complexity index is 550. The molecule has 1 unspecified atom stereocenters. The summed E-state index contributed by atoms with van der Waals surface area (Å²) in [6, 6.07) is 7.91. The lowest BCUT2D eigenvalue weighted by molar-refractivity contribution is -0.121. The maximum Gasteiger partial charge on any atom is 0.227 e. The standard InChI is InChI=1S/C18H25N3O2/c22-17(8-5-15-9-10-19-12-15)20-13-14-3-6-16(7-4-14)21-11-1-2-18(21)23/h3-4,6-7,15,19H,1-2,5,8-13H2,(H,20,22). The zero-order valence-corrected chi connectivity index (χ0v) is 13.5. The van der Waals surface area contributed by atoms with Gasteiger partial charge in [-0.3, -0.25) is 9.59 Å². The summed E-state index contributed by atoms with van der Waals surface area (Å²) in [6.45, 7) is 3.49. The first-order valence-corrected chi connectivity index (χ1v) is 8.59. The van der Waals surface area contributed by atoms with E-state index in [0.29, 0.717) is 25.3 Å². The number of carbonyl (C=O) groups is 2. The Balaban J connectivity index is 1.42. The molecule has 0 radical (unpaired) electrons. The number of anilines is 1. The van der Waals surface area contributed by atoms with Crippen molar-refractivity contribution in [1.29, 1.82) is 0 Å². The molecule has 2 heterocycles. The summed E-state index contributed by atoms with van der Waals surface area (Å²) in [5.74, 6) is 0.973. The SMILES string of the molecule is O=C(CCC1CCNC1)NCc1ccc(N2CCCC2=O)cc1.